The highest BCUT2D eigenvalue weighted by Gasteiger charge is 2.31. The fraction of sp³-hybridized carbons (Fsp3) is 0.211. The first-order chi connectivity index (χ1) is 11.8. The number of aryl methyl sites for hydroxylation is 1. The van der Waals surface area contributed by atoms with E-state index in [2.05, 4.69) is 5.32 Å². The van der Waals surface area contributed by atoms with Crippen LogP contribution in [0.4, 0.5) is 13.2 Å². The van der Waals surface area contributed by atoms with Gasteiger partial charge in [0.05, 0.1) is 11.6 Å². The molecule has 0 radical (unpaired) electrons. The van der Waals surface area contributed by atoms with E-state index in [4.69, 9.17) is 4.42 Å². The van der Waals surface area contributed by atoms with Crippen molar-refractivity contribution >= 4 is 16.9 Å². The van der Waals surface area contributed by atoms with Crippen LogP contribution in [-0.2, 0) is 6.18 Å². The molecular weight excluding hydrogens is 331 g/mol. The van der Waals surface area contributed by atoms with Gasteiger partial charge in [0, 0.05) is 10.9 Å². The van der Waals surface area contributed by atoms with Gasteiger partial charge >= 0.3 is 6.18 Å². The van der Waals surface area contributed by atoms with Crippen LogP contribution in [0.1, 0.15) is 40.2 Å². The lowest BCUT2D eigenvalue weighted by atomic mass is 10.0. The van der Waals surface area contributed by atoms with Crippen molar-refractivity contribution in [1.82, 2.24) is 5.32 Å². The molecule has 3 nitrogen and oxygen atoms in total. The van der Waals surface area contributed by atoms with E-state index in [1.807, 2.05) is 12.1 Å². The molecule has 0 aliphatic heterocycles. The summed E-state index contributed by atoms with van der Waals surface area (Å²) in [4.78, 5) is 12.5. The Morgan fingerprint density at radius 3 is 2.52 bits per heavy atom. The molecule has 0 unspecified atom stereocenters. The number of carbonyl (C=O) groups is 1. The Kier molecular flexibility index (Phi) is 4.29. The lowest BCUT2D eigenvalue weighted by molar-refractivity contribution is -0.137. The van der Waals surface area contributed by atoms with E-state index in [0.717, 1.165) is 17.5 Å². The molecule has 0 aliphatic rings. The Balaban J connectivity index is 1.84. The monoisotopic (exact) mass is 347 g/mol. The fourth-order valence-corrected chi connectivity index (χ4v) is 2.72. The Bertz CT molecular complexity index is 928. The van der Waals surface area contributed by atoms with Crippen LogP contribution >= 0.6 is 0 Å². The minimum absolute atomic E-state index is 0.167. The summed E-state index contributed by atoms with van der Waals surface area (Å²) in [6.07, 6.45) is -4.42. The molecule has 25 heavy (non-hydrogen) atoms. The lowest BCUT2D eigenvalue weighted by Crippen LogP contribution is -2.27. The molecule has 0 aliphatic carbocycles. The van der Waals surface area contributed by atoms with Gasteiger partial charge in [0.25, 0.3) is 5.91 Å². The zero-order valence-electron chi connectivity index (χ0n) is 13.6. The van der Waals surface area contributed by atoms with Gasteiger partial charge < -0.3 is 9.73 Å². The first-order valence-corrected chi connectivity index (χ1v) is 7.73. The summed E-state index contributed by atoms with van der Waals surface area (Å²) in [5.41, 5.74) is 0.921. The number of furan rings is 1. The molecule has 0 saturated carbocycles. The molecule has 0 bridgehead atoms. The highest BCUT2D eigenvalue weighted by Crippen LogP contribution is 2.31. The Morgan fingerprint density at radius 1 is 1.12 bits per heavy atom. The molecule has 6 heteroatoms. The summed E-state index contributed by atoms with van der Waals surface area (Å²) in [5.74, 6) is -0.293. The quantitative estimate of drug-likeness (QED) is 0.703. The zero-order valence-corrected chi connectivity index (χ0v) is 13.6. The van der Waals surface area contributed by atoms with Gasteiger partial charge in [-0.15, -0.1) is 0 Å². The Labute approximate surface area is 142 Å². The average Bonchev–Trinajstić information content (AvgIpc) is 2.91. The summed E-state index contributed by atoms with van der Waals surface area (Å²) in [6.45, 7) is 3.40. The number of hydrogen-bond donors (Lipinski definition) is 1. The second-order valence-electron chi connectivity index (χ2n) is 5.87. The van der Waals surface area contributed by atoms with Crippen LogP contribution in [0.15, 0.2) is 52.9 Å². The standard InChI is InChI=1S/C19H16F3NO2/c1-11-15-8-3-4-9-16(15)25-17(11)18(24)23-12(2)13-6-5-7-14(10-13)19(20,21)22/h3-10,12H,1-2H3,(H,23,24)/t12-/m0/s1. The van der Waals surface area contributed by atoms with Crippen molar-refractivity contribution in [1.29, 1.82) is 0 Å². The van der Waals surface area contributed by atoms with E-state index in [9.17, 15) is 18.0 Å². The van der Waals surface area contributed by atoms with Gasteiger partial charge in [-0.25, -0.2) is 0 Å². The van der Waals surface area contributed by atoms with E-state index in [-0.39, 0.29) is 5.76 Å². The normalized spacial score (nSPS) is 13.0. The molecule has 0 fully saturated rings. The second kappa shape index (κ2) is 6.27. The smallest absolute Gasteiger partial charge is 0.416 e. The number of benzene rings is 2. The third-order valence-electron chi connectivity index (χ3n) is 4.11. The number of hydrogen-bond acceptors (Lipinski definition) is 2. The number of amides is 1. The summed E-state index contributed by atoms with van der Waals surface area (Å²) in [6, 6.07) is 11.6. The van der Waals surface area contributed by atoms with Crippen LogP contribution in [-0.4, -0.2) is 5.91 Å². The Hall–Kier alpha value is -2.76. The first-order valence-electron chi connectivity index (χ1n) is 7.73. The highest BCUT2D eigenvalue weighted by molar-refractivity contribution is 5.99. The van der Waals surface area contributed by atoms with E-state index < -0.39 is 23.7 Å². The predicted molar refractivity (Wildman–Crippen MR) is 88.3 cm³/mol. The molecular formula is C19H16F3NO2. The number of halogens is 3. The van der Waals surface area contributed by atoms with Gasteiger partial charge in [0.15, 0.2) is 5.76 Å². The lowest BCUT2D eigenvalue weighted by Gasteiger charge is -2.15. The largest absolute Gasteiger partial charge is 0.451 e. The molecule has 3 rings (SSSR count). The third kappa shape index (κ3) is 3.38. The van der Waals surface area contributed by atoms with Gasteiger partial charge in [0.2, 0.25) is 0 Å². The van der Waals surface area contributed by atoms with Crippen LogP contribution in [0.25, 0.3) is 11.0 Å². The van der Waals surface area contributed by atoms with Crippen molar-refractivity contribution in [2.75, 3.05) is 0 Å². The van der Waals surface area contributed by atoms with Crippen molar-refractivity contribution in [3.63, 3.8) is 0 Å². The molecule has 1 amide bonds. The van der Waals surface area contributed by atoms with Crippen molar-refractivity contribution in [2.45, 2.75) is 26.1 Å². The average molecular weight is 347 g/mol. The summed E-state index contributed by atoms with van der Waals surface area (Å²) in [7, 11) is 0. The SMILES string of the molecule is Cc1c(C(=O)N[C@@H](C)c2cccc(C(F)(F)F)c2)oc2ccccc12. The van der Waals surface area contributed by atoms with E-state index in [0.29, 0.717) is 16.7 Å². The number of nitrogens with one attached hydrogen (secondary N) is 1. The van der Waals surface area contributed by atoms with Crippen molar-refractivity contribution in [3.8, 4) is 0 Å². The number of fused-ring (bicyclic) bond motifs is 1. The van der Waals surface area contributed by atoms with Crippen LogP contribution in [0, 0.1) is 6.92 Å². The number of para-hydroxylation sites is 1. The maximum Gasteiger partial charge on any atom is 0.416 e. The van der Waals surface area contributed by atoms with Gasteiger partial charge in [-0.1, -0.05) is 30.3 Å². The van der Waals surface area contributed by atoms with Crippen molar-refractivity contribution < 1.29 is 22.4 Å². The minimum atomic E-state index is -4.42. The van der Waals surface area contributed by atoms with Gasteiger partial charge in [0.1, 0.15) is 5.58 Å². The van der Waals surface area contributed by atoms with E-state index in [1.165, 1.54) is 6.07 Å². The summed E-state index contributed by atoms with van der Waals surface area (Å²) in [5, 5.41) is 3.53. The van der Waals surface area contributed by atoms with Crippen molar-refractivity contribution in [3.05, 3.63) is 71.0 Å². The van der Waals surface area contributed by atoms with Crippen LogP contribution in [0.2, 0.25) is 0 Å². The molecule has 1 atom stereocenters. The fourth-order valence-electron chi connectivity index (χ4n) is 2.72. The maximum absolute atomic E-state index is 12.8. The van der Waals surface area contributed by atoms with Gasteiger partial charge in [-0.2, -0.15) is 13.2 Å². The topological polar surface area (TPSA) is 42.2 Å². The summed E-state index contributed by atoms with van der Waals surface area (Å²) >= 11 is 0. The third-order valence-corrected chi connectivity index (χ3v) is 4.11. The van der Waals surface area contributed by atoms with Crippen LogP contribution < -0.4 is 5.32 Å². The first kappa shape index (κ1) is 17.1. The van der Waals surface area contributed by atoms with Crippen molar-refractivity contribution in [2.24, 2.45) is 0 Å². The second-order valence-corrected chi connectivity index (χ2v) is 5.87. The zero-order chi connectivity index (χ0) is 18.2. The predicted octanol–water partition coefficient (Wildman–Crippen LogP) is 5.25. The number of rotatable bonds is 3. The van der Waals surface area contributed by atoms with Gasteiger partial charge in [-0.05, 0) is 37.6 Å². The Morgan fingerprint density at radius 2 is 1.84 bits per heavy atom. The summed E-state index contributed by atoms with van der Waals surface area (Å²) < 4.78 is 44.1. The maximum atomic E-state index is 12.8. The molecule has 3 aromatic rings. The molecule has 2 aromatic carbocycles. The molecule has 130 valence electrons. The van der Waals surface area contributed by atoms with Gasteiger partial charge in [-0.3, -0.25) is 4.79 Å². The van der Waals surface area contributed by atoms with E-state index >= 15 is 0 Å². The molecule has 0 spiro atoms. The molecule has 1 aromatic heterocycles. The van der Waals surface area contributed by atoms with E-state index in [1.54, 1.807) is 32.0 Å². The molecule has 1 N–H and O–H groups in total. The molecule has 1 heterocycles. The highest BCUT2D eigenvalue weighted by atomic mass is 19.4. The number of carbonyl (C=O) groups excluding carboxylic acids is 1. The van der Waals surface area contributed by atoms with Crippen LogP contribution in [0.3, 0.4) is 0 Å². The van der Waals surface area contributed by atoms with Crippen LogP contribution in [0.5, 0.6) is 0 Å². The molecule has 0 saturated heterocycles. The minimum Gasteiger partial charge on any atom is -0.451 e. The number of alkyl halides is 3.